The second kappa shape index (κ2) is 4.32. The molecule has 1 aromatic rings. The van der Waals surface area contributed by atoms with Gasteiger partial charge in [-0.05, 0) is 49.7 Å². The lowest BCUT2D eigenvalue weighted by Gasteiger charge is -2.52. The predicted octanol–water partition coefficient (Wildman–Crippen LogP) is 2.42. The van der Waals surface area contributed by atoms with Crippen LogP contribution in [0.5, 0.6) is 11.5 Å². The highest BCUT2D eigenvalue weighted by Crippen LogP contribution is 2.62. The number of hydrogen-bond acceptors (Lipinski definition) is 4. The third-order valence-electron chi connectivity index (χ3n) is 6.16. The summed E-state index contributed by atoms with van der Waals surface area (Å²) < 4.78 is 17.7. The molecular formula is C19H21NO3. The van der Waals surface area contributed by atoms with Crippen molar-refractivity contribution in [1.29, 1.82) is 0 Å². The number of ether oxygens (including phenoxy) is 3. The van der Waals surface area contributed by atoms with E-state index in [2.05, 4.69) is 30.2 Å². The Hall–Kier alpha value is -1.94. The van der Waals surface area contributed by atoms with E-state index < -0.39 is 0 Å². The van der Waals surface area contributed by atoms with Crippen LogP contribution in [-0.4, -0.2) is 44.9 Å². The highest BCUT2D eigenvalue weighted by atomic mass is 16.6. The summed E-state index contributed by atoms with van der Waals surface area (Å²) in [7, 11) is 5.68. The number of allylic oxidation sites excluding steroid dienone is 2. The average Bonchev–Trinajstić information content (AvgIpc) is 2.92. The number of piperidine rings is 1. The van der Waals surface area contributed by atoms with Crippen LogP contribution >= 0.6 is 0 Å². The minimum Gasteiger partial charge on any atom is -0.497 e. The van der Waals surface area contributed by atoms with E-state index in [-0.39, 0.29) is 11.5 Å². The van der Waals surface area contributed by atoms with Crippen LogP contribution in [0.2, 0.25) is 0 Å². The molecule has 1 saturated heterocycles. The zero-order valence-corrected chi connectivity index (χ0v) is 13.8. The quantitative estimate of drug-likeness (QED) is 0.839. The molecule has 0 amide bonds. The molecule has 2 bridgehead atoms. The van der Waals surface area contributed by atoms with Crippen molar-refractivity contribution in [3.63, 3.8) is 0 Å². The van der Waals surface area contributed by atoms with Gasteiger partial charge in [-0.2, -0.15) is 0 Å². The van der Waals surface area contributed by atoms with Gasteiger partial charge in [0.1, 0.15) is 5.76 Å². The third kappa shape index (κ3) is 1.41. The van der Waals surface area contributed by atoms with Crippen LogP contribution in [0, 0.1) is 0 Å². The molecule has 23 heavy (non-hydrogen) atoms. The van der Waals surface area contributed by atoms with Gasteiger partial charge in [0.2, 0.25) is 0 Å². The number of likely N-dealkylation sites (N-methyl/N-ethyl adjacent to an activating group) is 1. The van der Waals surface area contributed by atoms with Crippen molar-refractivity contribution >= 4 is 0 Å². The van der Waals surface area contributed by atoms with Crippen LogP contribution in [0.4, 0.5) is 0 Å². The van der Waals surface area contributed by atoms with E-state index in [0.29, 0.717) is 6.04 Å². The maximum atomic E-state index is 6.46. The van der Waals surface area contributed by atoms with Crippen LogP contribution in [0.25, 0.3) is 0 Å². The normalized spacial score (nSPS) is 33.3. The maximum Gasteiger partial charge on any atom is 0.169 e. The fourth-order valence-corrected chi connectivity index (χ4v) is 5.10. The van der Waals surface area contributed by atoms with Gasteiger partial charge < -0.3 is 14.2 Å². The van der Waals surface area contributed by atoms with Gasteiger partial charge in [0.25, 0.3) is 0 Å². The molecule has 2 aliphatic carbocycles. The lowest BCUT2D eigenvalue weighted by Crippen LogP contribution is -2.58. The van der Waals surface area contributed by atoms with Gasteiger partial charge in [-0.25, -0.2) is 0 Å². The summed E-state index contributed by atoms with van der Waals surface area (Å²) >= 11 is 0. The largest absolute Gasteiger partial charge is 0.497 e. The fourth-order valence-electron chi connectivity index (χ4n) is 5.10. The van der Waals surface area contributed by atoms with E-state index in [1.165, 1.54) is 16.7 Å². The summed E-state index contributed by atoms with van der Waals surface area (Å²) in [4.78, 5) is 2.48. The fraction of sp³-hybridized carbons (Fsp3) is 0.474. The summed E-state index contributed by atoms with van der Waals surface area (Å²) in [6.07, 6.45) is 6.41. The Morgan fingerprint density at radius 2 is 2.09 bits per heavy atom. The van der Waals surface area contributed by atoms with Crippen molar-refractivity contribution in [2.24, 2.45) is 0 Å². The SMILES string of the molecule is COC1=CC=C2[C@@H]3Cc4ccc(OC)c5c4[C@]2(CCN3C)[C@H]1O5. The van der Waals surface area contributed by atoms with Gasteiger partial charge >= 0.3 is 0 Å². The van der Waals surface area contributed by atoms with Gasteiger partial charge in [-0.1, -0.05) is 12.1 Å². The van der Waals surface area contributed by atoms with Crippen molar-refractivity contribution in [2.45, 2.75) is 30.4 Å². The molecular weight excluding hydrogens is 290 g/mol. The Labute approximate surface area is 136 Å². The monoisotopic (exact) mass is 311 g/mol. The van der Waals surface area contributed by atoms with Crippen molar-refractivity contribution in [3.8, 4) is 11.5 Å². The van der Waals surface area contributed by atoms with Crippen LogP contribution < -0.4 is 9.47 Å². The molecule has 5 rings (SSSR count). The number of benzene rings is 1. The first-order valence-electron chi connectivity index (χ1n) is 8.24. The lowest BCUT2D eigenvalue weighted by molar-refractivity contribution is 0.0734. The Morgan fingerprint density at radius 3 is 2.87 bits per heavy atom. The van der Waals surface area contributed by atoms with Crippen LogP contribution in [0.1, 0.15) is 17.5 Å². The van der Waals surface area contributed by atoms with Crippen LogP contribution in [-0.2, 0) is 16.6 Å². The molecule has 0 radical (unpaired) electrons. The Balaban J connectivity index is 1.84. The zero-order chi connectivity index (χ0) is 15.8. The molecule has 1 spiro atoms. The molecule has 2 aliphatic heterocycles. The van der Waals surface area contributed by atoms with Crippen LogP contribution in [0.15, 0.2) is 35.6 Å². The van der Waals surface area contributed by atoms with Gasteiger partial charge in [-0.3, -0.25) is 4.90 Å². The molecule has 0 N–H and O–H groups in total. The molecule has 2 heterocycles. The minimum atomic E-state index is -0.0747. The van der Waals surface area contributed by atoms with Gasteiger partial charge in [0, 0.05) is 11.6 Å². The first-order valence-corrected chi connectivity index (χ1v) is 8.24. The van der Waals surface area contributed by atoms with E-state index in [1.54, 1.807) is 14.2 Å². The van der Waals surface area contributed by atoms with E-state index >= 15 is 0 Å². The molecule has 120 valence electrons. The highest BCUT2D eigenvalue weighted by molar-refractivity contribution is 5.67. The van der Waals surface area contributed by atoms with Gasteiger partial charge in [-0.15, -0.1) is 0 Å². The first kappa shape index (κ1) is 13.5. The summed E-state index contributed by atoms with van der Waals surface area (Å²) in [5.41, 5.74) is 4.15. The molecule has 0 saturated carbocycles. The molecule has 4 nitrogen and oxygen atoms in total. The predicted molar refractivity (Wildman–Crippen MR) is 87.0 cm³/mol. The summed E-state index contributed by atoms with van der Waals surface area (Å²) in [6.45, 7) is 1.08. The standard InChI is InChI=1S/C19H21NO3/c1-20-9-8-19-12-5-7-15(22-3)18(19)23-17-14(21-2)6-4-11(16(17)19)10-13(12)20/h4-7,13,18H,8-10H2,1-3H3/t13-,18-,19+/m0/s1. The van der Waals surface area contributed by atoms with Crippen LogP contribution in [0.3, 0.4) is 0 Å². The number of nitrogens with zero attached hydrogens (tertiary/aromatic N) is 1. The summed E-state index contributed by atoms with van der Waals surface area (Å²) in [5, 5.41) is 0. The Bertz CT molecular complexity index is 766. The lowest BCUT2D eigenvalue weighted by atomic mass is 9.57. The van der Waals surface area contributed by atoms with Crippen molar-refractivity contribution in [1.82, 2.24) is 4.90 Å². The molecule has 1 aromatic carbocycles. The number of rotatable bonds is 2. The topological polar surface area (TPSA) is 30.9 Å². The molecule has 4 heteroatoms. The second-order valence-corrected chi connectivity index (χ2v) is 6.95. The van der Waals surface area contributed by atoms with E-state index in [1.807, 2.05) is 6.07 Å². The minimum absolute atomic E-state index is 0.0611. The van der Waals surface area contributed by atoms with E-state index in [0.717, 1.165) is 36.6 Å². The smallest absolute Gasteiger partial charge is 0.169 e. The Kier molecular flexibility index (Phi) is 2.54. The first-order chi connectivity index (χ1) is 11.2. The average molecular weight is 311 g/mol. The highest BCUT2D eigenvalue weighted by Gasteiger charge is 2.61. The molecule has 4 aliphatic rings. The molecule has 3 atom stereocenters. The van der Waals surface area contributed by atoms with E-state index in [9.17, 15) is 0 Å². The summed E-state index contributed by atoms with van der Waals surface area (Å²) in [6, 6.07) is 4.72. The number of methoxy groups -OCH3 is 2. The van der Waals surface area contributed by atoms with Crippen molar-refractivity contribution in [2.75, 3.05) is 27.8 Å². The van der Waals surface area contributed by atoms with Crippen molar-refractivity contribution < 1.29 is 14.2 Å². The van der Waals surface area contributed by atoms with Gasteiger partial charge in [0.15, 0.2) is 17.6 Å². The zero-order valence-electron chi connectivity index (χ0n) is 13.8. The van der Waals surface area contributed by atoms with E-state index in [4.69, 9.17) is 14.2 Å². The molecule has 1 fully saturated rings. The Morgan fingerprint density at radius 1 is 1.22 bits per heavy atom. The van der Waals surface area contributed by atoms with Gasteiger partial charge in [0.05, 0.1) is 19.6 Å². The maximum absolute atomic E-state index is 6.46. The number of likely N-dealkylation sites (tertiary alicyclic amines) is 1. The van der Waals surface area contributed by atoms with Crippen molar-refractivity contribution in [3.05, 3.63) is 46.7 Å². The third-order valence-corrected chi connectivity index (χ3v) is 6.16. The second-order valence-electron chi connectivity index (χ2n) is 6.95. The molecule has 0 aromatic heterocycles. The number of hydrogen-bond donors (Lipinski definition) is 0. The summed E-state index contributed by atoms with van der Waals surface area (Å²) in [5.74, 6) is 2.68. The molecule has 0 unspecified atom stereocenters.